The van der Waals surface area contributed by atoms with Gasteiger partial charge >= 0.3 is 0 Å². The molecule has 2 aliphatic rings. The summed E-state index contributed by atoms with van der Waals surface area (Å²) in [5.41, 5.74) is 2.46. The summed E-state index contributed by atoms with van der Waals surface area (Å²) in [6.45, 7) is 0.738. The van der Waals surface area contributed by atoms with Crippen molar-refractivity contribution in [3.8, 4) is 0 Å². The van der Waals surface area contributed by atoms with Gasteiger partial charge < -0.3 is 10.1 Å². The van der Waals surface area contributed by atoms with Gasteiger partial charge in [0, 0.05) is 25.9 Å². The smallest absolute Gasteiger partial charge is 0.224 e. The molecule has 0 saturated carbocycles. The average Bonchev–Trinajstić information content (AvgIpc) is 3.13. The molecule has 1 aliphatic heterocycles. The van der Waals surface area contributed by atoms with Crippen LogP contribution in [0.2, 0.25) is 0 Å². The number of benzene rings is 1. The molecule has 1 saturated heterocycles. The first-order valence-corrected chi connectivity index (χ1v) is 9.83. The van der Waals surface area contributed by atoms with E-state index < -0.39 is 10.0 Å². The van der Waals surface area contributed by atoms with Gasteiger partial charge in [-0.1, -0.05) is 24.3 Å². The number of carbonyl (C=O) groups is 1. The summed E-state index contributed by atoms with van der Waals surface area (Å²) < 4.78 is 30.8. The Morgan fingerprint density at radius 1 is 1.21 bits per heavy atom. The van der Waals surface area contributed by atoms with Crippen LogP contribution >= 0.6 is 0 Å². The molecule has 1 fully saturated rings. The van der Waals surface area contributed by atoms with E-state index in [0.29, 0.717) is 13.2 Å². The minimum atomic E-state index is -3.31. The van der Waals surface area contributed by atoms with Crippen LogP contribution in [0.1, 0.15) is 11.1 Å². The van der Waals surface area contributed by atoms with E-state index in [2.05, 4.69) is 17.4 Å². The molecule has 0 unspecified atom stereocenters. The molecule has 0 aromatic heterocycles. The van der Waals surface area contributed by atoms with Gasteiger partial charge in [-0.05, 0) is 24.0 Å². The molecule has 24 heavy (non-hydrogen) atoms. The van der Waals surface area contributed by atoms with Gasteiger partial charge in [0.25, 0.3) is 0 Å². The molecule has 1 aromatic carbocycles. The van der Waals surface area contributed by atoms with E-state index in [1.54, 1.807) is 0 Å². The normalized spacial score (nSPS) is 24.3. The van der Waals surface area contributed by atoms with Crippen molar-refractivity contribution >= 4 is 15.9 Å². The zero-order chi connectivity index (χ0) is 17.3. The topological polar surface area (TPSA) is 75.7 Å². The van der Waals surface area contributed by atoms with E-state index in [-0.39, 0.29) is 29.5 Å². The van der Waals surface area contributed by atoms with Gasteiger partial charge in [-0.25, -0.2) is 12.7 Å². The number of sulfonamides is 1. The molecule has 1 N–H and O–H groups in total. The van der Waals surface area contributed by atoms with Crippen LogP contribution in [0, 0.1) is 11.8 Å². The summed E-state index contributed by atoms with van der Waals surface area (Å²) >= 11 is 0. The van der Waals surface area contributed by atoms with Crippen molar-refractivity contribution in [2.75, 3.05) is 33.1 Å². The predicted molar refractivity (Wildman–Crippen MR) is 91.1 cm³/mol. The molecule has 2 atom stereocenters. The highest BCUT2D eigenvalue weighted by Gasteiger charge is 2.36. The van der Waals surface area contributed by atoms with Gasteiger partial charge in [-0.15, -0.1) is 0 Å². The first-order valence-electron chi connectivity index (χ1n) is 8.22. The Morgan fingerprint density at radius 3 is 2.42 bits per heavy atom. The van der Waals surface area contributed by atoms with E-state index in [9.17, 15) is 13.2 Å². The highest BCUT2D eigenvalue weighted by molar-refractivity contribution is 7.89. The zero-order valence-corrected chi connectivity index (χ0v) is 14.9. The van der Waals surface area contributed by atoms with Crippen molar-refractivity contribution in [2.45, 2.75) is 18.9 Å². The standard InChI is InChI=1S/C17H24N2O4S/c1-19(2)24(21,22)11-15-9-23-10-16(15)18-17(20)14-7-12-5-3-4-6-13(12)8-14/h3-6,14-16H,7-11H2,1-2H3,(H,18,20)/t15-,16-/m0/s1. The van der Waals surface area contributed by atoms with Crippen LogP contribution in [-0.4, -0.2) is 57.7 Å². The fourth-order valence-corrected chi connectivity index (χ4v) is 4.55. The second-order valence-electron chi connectivity index (χ2n) is 6.85. The van der Waals surface area contributed by atoms with Crippen LogP contribution in [0.3, 0.4) is 0 Å². The second-order valence-corrected chi connectivity index (χ2v) is 9.07. The van der Waals surface area contributed by atoms with Crippen molar-refractivity contribution in [2.24, 2.45) is 11.8 Å². The summed E-state index contributed by atoms with van der Waals surface area (Å²) in [6, 6.07) is 7.87. The Hall–Kier alpha value is -1.44. The van der Waals surface area contributed by atoms with Crippen LogP contribution in [0.5, 0.6) is 0 Å². The Labute approximate surface area is 143 Å². The first-order chi connectivity index (χ1) is 11.4. The molecular weight excluding hydrogens is 328 g/mol. The van der Waals surface area contributed by atoms with E-state index in [0.717, 1.165) is 12.8 Å². The molecule has 0 radical (unpaired) electrons. The van der Waals surface area contributed by atoms with Gasteiger partial charge in [0.15, 0.2) is 0 Å². The molecule has 1 aliphatic carbocycles. The molecule has 1 heterocycles. The summed E-state index contributed by atoms with van der Waals surface area (Å²) in [5.74, 6) is -0.288. The van der Waals surface area contributed by atoms with Crippen LogP contribution in [0.15, 0.2) is 24.3 Å². The maximum Gasteiger partial charge on any atom is 0.224 e. The minimum Gasteiger partial charge on any atom is -0.379 e. The average molecular weight is 352 g/mol. The lowest BCUT2D eigenvalue weighted by Crippen LogP contribution is -2.45. The van der Waals surface area contributed by atoms with Gasteiger partial charge in [0.05, 0.1) is 25.0 Å². The number of nitrogens with one attached hydrogen (secondary N) is 1. The largest absolute Gasteiger partial charge is 0.379 e. The van der Waals surface area contributed by atoms with Gasteiger partial charge in [0.2, 0.25) is 15.9 Å². The molecule has 1 amide bonds. The molecule has 3 rings (SSSR count). The Morgan fingerprint density at radius 2 is 1.83 bits per heavy atom. The zero-order valence-electron chi connectivity index (χ0n) is 14.1. The monoisotopic (exact) mass is 352 g/mol. The van der Waals surface area contributed by atoms with E-state index >= 15 is 0 Å². The molecular formula is C17H24N2O4S. The van der Waals surface area contributed by atoms with Crippen molar-refractivity contribution < 1.29 is 17.9 Å². The third-order valence-electron chi connectivity index (χ3n) is 4.93. The van der Waals surface area contributed by atoms with Crippen molar-refractivity contribution in [3.05, 3.63) is 35.4 Å². The van der Waals surface area contributed by atoms with E-state index in [4.69, 9.17) is 4.74 Å². The second kappa shape index (κ2) is 6.82. The van der Waals surface area contributed by atoms with Gasteiger partial charge in [-0.2, -0.15) is 0 Å². The fraction of sp³-hybridized carbons (Fsp3) is 0.588. The maximum atomic E-state index is 12.6. The number of nitrogens with zero attached hydrogens (tertiary/aromatic N) is 1. The summed E-state index contributed by atoms with van der Waals surface area (Å²) in [6.07, 6.45) is 1.49. The molecule has 0 spiro atoms. The first kappa shape index (κ1) is 17.4. The Kier molecular flexibility index (Phi) is 4.94. The number of rotatable bonds is 5. The number of amides is 1. The third-order valence-corrected chi connectivity index (χ3v) is 6.89. The molecule has 132 valence electrons. The van der Waals surface area contributed by atoms with E-state index in [1.165, 1.54) is 29.5 Å². The fourth-order valence-electron chi connectivity index (χ4n) is 3.39. The number of hydrogen-bond donors (Lipinski definition) is 1. The van der Waals surface area contributed by atoms with E-state index in [1.807, 2.05) is 12.1 Å². The molecule has 0 bridgehead atoms. The SMILES string of the molecule is CN(C)S(=O)(=O)C[C@@H]1COC[C@@H]1NC(=O)C1Cc2ccccc2C1. The summed E-state index contributed by atoms with van der Waals surface area (Å²) in [7, 11) is -0.266. The Bertz CT molecular complexity index is 692. The van der Waals surface area contributed by atoms with Crippen LogP contribution in [0.25, 0.3) is 0 Å². The van der Waals surface area contributed by atoms with Crippen molar-refractivity contribution in [1.82, 2.24) is 9.62 Å². The Balaban J connectivity index is 1.60. The predicted octanol–water partition coefficient (Wildman–Crippen LogP) is 0.424. The van der Waals surface area contributed by atoms with Gasteiger partial charge in [0.1, 0.15) is 0 Å². The number of ether oxygens (including phenoxy) is 1. The lowest BCUT2D eigenvalue weighted by Gasteiger charge is -2.22. The maximum absolute atomic E-state index is 12.6. The summed E-state index contributed by atoms with van der Waals surface area (Å²) in [5, 5.41) is 3.02. The molecule has 6 nitrogen and oxygen atoms in total. The number of hydrogen-bond acceptors (Lipinski definition) is 4. The van der Waals surface area contributed by atoms with Crippen LogP contribution < -0.4 is 5.32 Å². The van der Waals surface area contributed by atoms with Crippen LogP contribution in [0.4, 0.5) is 0 Å². The number of fused-ring (bicyclic) bond motifs is 1. The lowest BCUT2D eigenvalue weighted by molar-refractivity contribution is -0.125. The molecule has 7 heteroatoms. The molecule has 1 aromatic rings. The summed E-state index contributed by atoms with van der Waals surface area (Å²) in [4.78, 5) is 12.6. The number of carbonyl (C=O) groups excluding carboxylic acids is 1. The van der Waals surface area contributed by atoms with Gasteiger partial charge in [-0.3, -0.25) is 4.79 Å². The quantitative estimate of drug-likeness (QED) is 0.834. The highest BCUT2D eigenvalue weighted by atomic mass is 32.2. The lowest BCUT2D eigenvalue weighted by atomic mass is 10.0. The highest BCUT2D eigenvalue weighted by Crippen LogP contribution is 2.27. The van der Waals surface area contributed by atoms with Crippen LogP contribution in [-0.2, 0) is 32.4 Å². The van der Waals surface area contributed by atoms with Crippen molar-refractivity contribution in [1.29, 1.82) is 0 Å². The third kappa shape index (κ3) is 3.63. The minimum absolute atomic E-state index is 0.00413. The van der Waals surface area contributed by atoms with Crippen molar-refractivity contribution in [3.63, 3.8) is 0 Å².